The molecule has 0 aromatic heterocycles. The van der Waals surface area contributed by atoms with E-state index in [0.29, 0.717) is 0 Å². The van der Waals surface area contributed by atoms with Crippen molar-refractivity contribution < 1.29 is 9.47 Å². The van der Waals surface area contributed by atoms with E-state index in [1.165, 1.54) is 12.8 Å². The van der Waals surface area contributed by atoms with Crippen molar-refractivity contribution >= 4 is 0 Å². The summed E-state index contributed by atoms with van der Waals surface area (Å²) in [6.07, 6.45) is 2.64. The molecule has 0 fully saturated rings. The average Bonchev–Trinajstić information content (AvgIpc) is 2.06. The predicted octanol–water partition coefficient (Wildman–Crippen LogP) is 2.72. The first-order valence-corrected chi connectivity index (χ1v) is 4.13. The lowest BCUT2D eigenvalue weighted by atomic mass is 10.4. The van der Waals surface area contributed by atoms with Gasteiger partial charge in [0.1, 0.15) is 0 Å². The summed E-state index contributed by atoms with van der Waals surface area (Å²) >= 11 is 0. The Kier molecular flexibility index (Phi) is 50.8. The van der Waals surface area contributed by atoms with E-state index in [1.807, 2.05) is 6.92 Å². The zero-order valence-electron chi connectivity index (χ0n) is 8.94. The third-order valence-electron chi connectivity index (χ3n) is 0.789. The Balaban J connectivity index is -0.0000000886. The molecule has 0 aromatic rings. The minimum absolute atomic E-state index is 0.819. The molecule has 2 nitrogen and oxygen atoms in total. The van der Waals surface area contributed by atoms with Crippen LogP contribution in [-0.2, 0) is 9.47 Å². The van der Waals surface area contributed by atoms with E-state index in [0.717, 1.165) is 6.61 Å². The Morgan fingerprint density at radius 3 is 1.00 bits per heavy atom. The predicted molar refractivity (Wildman–Crippen MR) is 51.1 cm³/mol. The Morgan fingerprint density at radius 2 is 1.00 bits per heavy atom. The van der Waals surface area contributed by atoms with Gasteiger partial charge in [-0.1, -0.05) is 26.7 Å². The minimum Gasteiger partial charge on any atom is -0.388 e. The first kappa shape index (κ1) is 17.1. The summed E-state index contributed by atoms with van der Waals surface area (Å²) in [6.45, 7) is 7.14. The lowest BCUT2D eigenvalue weighted by Gasteiger charge is -1.76. The summed E-state index contributed by atoms with van der Waals surface area (Å²) in [6, 6.07) is 0. The lowest BCUT2D eigenvalue weighted by molar-refractivity contribution is 0.215. The second-order valence-electron chi connectivity index (χ2n) is 1.99. The molecule has 11 heavy (non-hydrogen) atoms. The second-order valence-corrected chi connectivity index (χ2v) is 1.99. The summed E-state index contributed by atoms with van der Waals surface area (Å²) in [7, 11) is 4.93. The summed E-state index contributed by atoms with van der Waals surface area (Å²) < 4.78 is 8.79. The van der Waals surface area contributed by atoms with Gasteiger partial charge in [0.2, 0.25) is 0 Å². The van der Waals surface area contributed by atoms with Crippen LogP contribution < -0.4 is 0 Å². The van der Waals surface area contributed by atoms with Gasteiger partial charge in [-0.05, 0) is 6.92 Å². The van der Waals surface area contributed by atoms with Crippen LogP contribution in [0.25, 0.3) is 0 Å². The van der Waals surface area contributed by atoms with E-state index in [-0.39, 0.29) is 0 Å². The molecule has 0 aliphatic rings. The van der Waals surface area contributed by atoms with Crippen LogP contribution in [0.1, 0.15) is 33.6 Å². The first-order chi connectivity index (χ1) is 5.24. The molecular weight excluding hydrogens is 140 g/mol. The summed E-state index contributed by atoms with van der Waals surface area (Å²) in [5.74, 6) is 0. The van der Waals surface area contributed by atoms with Crippen molar-refractivity contribution in [3.8, 4) is 0 Å². The van der Waals surface area contributed by atoms with Crippen molar-refractivity contribution in [1.82, 2.24) is 0 Å². The molecule has 0 aliphatic carbocycles. The highest BCUT2D eigenvalue weighted by atomic mass is 16.5. The Labute approximate surface area is 71.9 Å². The van der Waals surface area contributed by atoms with Crippen LogP contribution in [0, 0.1) is 0 Å². The molecule has 72 valence electrons. The van der Waals surface area contributed by atoms with E-state index >= 15 is 0 Å². The van der Waals surface area contributed by atoms with Gasteiger partial charge in [-0.15, -0.1) is 0 Å². The third kappa shape index (κ3) is 169. The molecule has 0 saturated carbocycles. The van der Waals surface area contributed by atoms with Crippen molar-refractivity contribution in [3.05, 3.63) is 0 Å². The van der Waals surface area contributed by atoms with Crippen molar-refractivity contribution in [2.75, 3.05) is 27.9 Å². The quantitative estimate of drug-likeness (QED) is 0.624. The fraction of sp³-hybridized carbons (Fsp3) is 1.00. The number of hydrogen-bond donors (Lipinski definition) is 0. The third-order valence-corrected chi connectivity index (χ3v) is 0.789. The molecule has 0 heterocycles. The summed E-state index contributed by atoms with van der Waals surface area (Å²) in [4.78, 5) is 0. The maximum Gasteiger partial charge on any atom is 0.0433 e. The molecule has 0 rings (SSSR count). The highest BCUT2D eigenvalue weighted by Gasteiger charge is 1.56. The summed E-state index contributed by atoms with van der Waals surface area (Å²) in [5, 5.41) is 0. The molecule has 0 radical (unpaired) electrons. The number of methoxy groups -OCH3 is 2. The molecule has 0 amide bonds. The Morgan fingerprint density at radius 1 is 0.818 bits per heavy atom. The number of rotatable bonds is 2. The molecule has 0 saturated heterocycles. The maximum absolute atomic E-state index is 4.54. The molecule has 2 heteroatoms. The SMILES string of the molecule is CCCC.CCOC.COC. The van der Waals surface area contributed by atoms with Crippen LogP contribution >= 0.6 is 0 Å². The highest BCUT2D eigenvalue weighted by Crippen LogP contribution is 1.76. The van der Waals surface area contributed by atoms with Gasteiger partial charge < -0.3 is 9.47 Å². The van der Waals surface area contributed by atoms with Crippen LogP contribution in [-0.4, -0.2) is 27.9 Å². The van der Waals surface area contributed by atoms with E-state index in [2.05, 4.69) is 23.3 Å². The van der Waals surface area contributed by atoms with Gasteiger partial charge in [0, 0.05) is 27.9 Å². The number of hydrogen-bond acceptors (Lipinski definition) is 2. The number of unbranched alkanes of at least 4 members (excludes halogenated alkanes) is 1. The molecule has 0 N–H and O–H groups in total. The standard InChI is InChI=1S/C4H10.C3H8O.C2H6O/c2*1-3-4-2;1-3-2/h3-4H2,1-2H3;3H2,1-2H3;1-2H3. The minimum atomic E-state index is 0.819. The van der Waals surface area contributed by atoms with Gasteiger partial charge in [-0.25, -0.2) is 0 Å². The topological polar surface area (TPSA) is 18.5 Å². The van der Waals surface area contributed by atoms with E-state index in [1.54, 1.807) is 21.3 Å². The van der Waals surface area contributed by atoms with Gasteiger partial charge in [0.05, 0.1) is 0 Å². The van der Waals surface area contributed by atoms with Crippen molar-refractivity contribution in [1.29, 1.82) is 0 Å². The van der Waals surface area contributed by atoms with Crippen LogP contribution in [0.5, 0.6) is 0 Å². The molecular formula is C9H24O2. The molecule has 0 unspecified atom stereocenters. The molecule has 0 bridgehead atoms. The van der Waals surface area contributed by atoms with Crippen LogP contribution in [0.3, 0.4) is 0 Å². The fourth-order valence-electron chi connectivity index (χ4n) is 0. The smallest absolute Gasteiger partial charge is 0.0433 e. The van der Waals surface area contributed by atoms with Crippen molar-refractivity contribution in [2.45, 2.75) is 33.6 Å². The van der Waals surface area contributed by atoms with E-state index < -0.39 is 0 Å². The van der Waals surface area contributed by atoms with Crippen LogP contribution in [0.4, 0.5) is 0 Å². The van der Waals surface area contributed by atoms with Gasteiger partial charge in [0.15, 0.2) is 0 Å². The molecule has 0 spiro atoms. The maximum atomic E-state index is 4.54. The summed E-state index contributed by atoms with van der Waals surface area (Å²) in [5.41, 5.74) is 0. The van der Waals surface area contributed by atoms with Crippen molar-refractivity contribution in [2.24, 2.45) is 0 Å². The average molecular weight is 164 g/mol. The van der Waals surface area contributed by atoms with Crippen molar-refractivity contribution in [3.63, 3.8) is 0 Å². The monoisotopic (exact) mass is 164 g/mol. The van der Waals surface area contributed by atoms with Gasteiger partial charge in [-0.2, -0.15) is 0 Å². The Bertz CT molecular complexity index is 22.7. The lowest BCUT2D eigenvalue weighted by Crippen LogP contribution is -1.73. The van der Waals surface area contributed by atoms with Gasteiger partial charge >= 0.3 is 0 Å². The van der Waals surface area contributed by atoms with Gasteiger partial charge in [-0.3, -0.25) is 0 Å². The highest BCUT2D eigenvalue weighted by molar-refractivity contribution is 4.12. The molecule has 0 atom stereocenters. The largest absolute Gasteiger partial charge is 0.388 e. The van der Waals surface area contributed by atoms with E-state index in [4.69, 9.17) is 0 Å². The van der Waals surface area contributed by atoms with Crippen LogP contribution in [0.2, 0.25) is 0 Å². The molecule has 0 aromatic carbocycles. The second kappa shape index (κ2) is 32.6. The first-order valence-electron chi connectivity index (χ1n) is 4.13. The zero-order valence-corrected chi connectivity index (χ0v) is 8.94. The van der Waals surface area contributed by atoms with E-state index in [9.17, 15) is 0 Å². The molecule has 0 aliphatic heterocycles. The Hall–Kier alpha value is -0.0800. The fourth-order valence-corrected chi connectivity index (χ4v) is 0. The zero-order chi connectivity index (χ0) is 9.54. The number of ether oxygens (including phenoxy) is 2. The normalized spacial score (nSPS) is 7.09. The van der Waals surface area contributed by atoms with Crippen LogP contribution in [0.15, 0.2) is 0 Å². The van der Waals surface area contributed by atoms with Gasteiger partial charge in [0.25, 0.3) is 0 Å².